The fourth-order valence-electron chi connectivity index (χ4n) is 1.58. The summed E-state index contributed by atoms with van der Waals surface area (Å²) >= 11 is 0. The van der Waals surface area contributed by atoms with Gasteiger partial charge in [-0.1, -0.05) is 12.1 Å². The smallest absolute Gasteiger partial charge is 0.294 e. The number of rotatable bonds is 4. The average molecular weight is 294 g/mol. The molecule has 0 fully saturated rings. The van der Waals surface area contributed by atoms with Gasteiger partial charge in [0.25, 0.3) is 5.91 Å². The zero-order chi connectivity index (χ0) is 14.8. The molecular formula is C13H14N2O4S. The van der Waals surface area contributed by atoms with E-state index in [1.165, 1.54) is 30.3 Å². The Balaban J connectivity index is 2.14. The van der Waals surface area contributed by atoms with Crippen LogP contribution in [-0.4, -0.2) is 25.2 Å². The molecule has 6 nitrogen and oxygen atoms in total. The first-order valence-electron chi connectivity index (χ1n) is 6.00. The van der Waals surface area contributed by atoms with Crippen molar-refractivity contribution in [3.8, 4) is 0 Å². The molecule has 1 aromatic heterocycles. The topological polar surface area (TPSA) is 89.3 Å². The Labute approximate surface area is 116 Å². The van der Waals surface area contributed by atoms with Crippen molar-refractivity contribution in [2.24, 2.45) is 0 Å². The summed E-state index contributed by atoms with van der Waals surface area (Å²) in [5.41, 5.74) is 1.10. The summed E-state index contributed by atoms with van der Waals surface area (Å²) < 4.78 is 28.1. The van der Waals surface area contributed by atoms with Crippen molar-refractivity contribution in [2.45, 2.75) is 18.7 Å². The number of nitrogens with zero attached hydrogens (tertiary/aromatic N) is 1. The molecule has 0 saturated heterocycles. The van der Waals surface area contributed by atoms with Crippen molar-refractivity contribution < 1.29 is 17.7 Å². The highest BCUT2D eigenvalue weighted by molar-refractivity contribution is 7.91. The Bertz CT molecular complexity index is 717. The van der Waals surface area contributed by atoms with Crippen LogP contribution in [0, 0.1) is 6.92 Å². The maximum Gasteiger partial charge on any atom is 0.294 e. The van der Waals surface area contributed by atoms with E-state index in [4.69, 9.17) is 4.52 Å². The molecule has 2 aromatic rings. The maximum absolute atomic E-state index is 11.8. The van der Waals surface area contributed by atoms with Crippen LogP contribution in [0.1, 0.15) is 23.2 Å². The number of aryl methyl sites for hydroxylation is 1. The van der Waals surface area contributed by atoms with E-state index >= 15 is 0 Å². The van der Waals surface area contributed by atoms with E-state index in [2.05, 4.69) is 10.5 Å². The number of carbonyl (C=O) groups is 1. The Hall–Kier alpha value is -2.15. The molecule has 106 valence electrons. The predicted molar refractivity (Wildman–Crippen MR) is 73.4 cm³/mol. The first kappa shape index (κ1) is 14.3. The Morgan fingerprint density at radius 3 is 2.45 bits per heavy atom. The second-order valence-corrected chi connectivity index (χ2v) is 6.49. The van der Waals surface area contributed by atoms with Crippen LogP contribution in [0.15, 0.2) is 39.8 Å². The van der Waals surface area contributed by atoms with Crippen LogP contribution in [0.4, 0.5) is 5.69 Å². The summed E-state index contributed by atoms with van der Waals surface area (Å²) in [6.45, 7) is 3.29. The van der Waals surface area contributed by atoms with E-state index in [1.54, 1.807) is 13.8 Å². The molecule has 20 heavy (non-hydrogen) atoms. The third-order valence-corrected chi connectivity index (χ3v) is 4.45. The van der Waals surface area contributed by atoms with Crippen molar-refractivity contribution in [1.82, 2.24) is 5.16 Å². The molecule has 0 atom stereocenters. The van der Waals surface area contributed by atoms with E-state index in [1.807, 2.05) is 0 Å². The first-order valence-corrected chi connectivity index (χ1v) is 7.65. The summed E-state index contributed by atoms with van der Waals surface area (Å²) in [5, 5.41) is 6.22. The number of hydrogen-bond donors (Lipinski definition) is 1. The minimum Gasteiger partial charge on any atom is -0.351 e. The molecule has 0 radical (unpaired) electrons. The van der Waals surface area contributed by atoms with Gasteiger partial charge >= 0.3 is 0 Å². The van der Waals surface area contributed by atoms with Crippen LogP contribution in [0.5, 0.6) is 0 Å². The number of hydrogen-bond acceptors (Lipinski definition) is 5. The molecule has 2 rings (SSSR count). The van der Waals surface area contributed by atoms with E-state index in [9.17, 15) is 13.2 Å². The molecule has 1 N–H and O–H groups in total. The first-order chi connectivity index (χ1) is 9.42. The van der Waals surface area contributed by atoms with Gasteiger partial charge in [0, 0.05) is 11.8 Å². The number of aromatic nitrogens is 1. The normalized spacial score (nSPS) is 11.3. The minimum atomic E-state index is -3.23. The highest BCUT2D eigenvalue weighted by Gasteiger charge is 2.13. The number of anilines is 1. The number of sulfone groups is 1. The van der Waals surface area contributed by atoms with Crippen molar-refractivity contribution in [3.05, 3.63) is 41.8 Å². The van der Waals surface area contributed by atoms with Crippen LogP contribution < -0.4 is 5.32 Å². The molecule has 1 amide bonds. The Morgan fingerprint density at radius 1 is 1.30 bits per heavy atom. The van der Waals surface area contributed by atoms with Gasteiger partial charge < -0.3 is 9.84 Å². The number of nitrogens with one attached hydrogen (secondary N) is 1. The summed E-state index contributed by atoms with van der Waals surface area (Å²) in [6, 6.07) is 7.50. The van der Waals surface area contributed by atoms with Crippen LogP contribution in [-0.2, 0) is 9.84 Å². The van der Waals surface area contributed by atoms with Gasteiger partial charge in [0.15, 0.2) is 9.84 Å². The van der Waals surface area contributed by atoms with Crippen LogP contribution in [0.25, 0.3) is 0 Å². The molecule has 0 aliphatic carbocycles. The maximum atomic E-state index is 11.8. The van der Waals surface area contributed by atoms with Crippen molar-refractivity contribution in [2.75, 3.05) is 11.1 Å². The van der Waals surface area contributed by atoms with E-state index in [0.717, 1.165) is 0 Å². The lowest BCUT2D eigenvalue weighted by Crippen LogP contribution is -2.11. The molecular weight excluding hydrogens is 280 g/mol. The quantitative estimate of drug-likeness (QED) is 0.932. The van der Waals surface area contributed by atoms with Gasteiger partial charge in [0.2, 0.25) is 5.76 Å². The standard InChI is InChI=1S/C13H14N2O4S/c1-3-20(17,18)11-6-4-10(5-7-11)14-13(16)12-8-9(2)15-19-12/h4-8H,3H2,1-2H3,(H,14,16). The number of carbonyl (C=O) groups excluding carboxylic acids is 1. The second-order valence-electron chi connectivity index (χ2n) is 4.21. The molecule has 7 heteroatoms. The molecule has 0 spiro atoms. The van der Waals surface area contributed by atoms with Gasteiger partial charge in [-0.05, 0) is 31.2 Å². The van der Waals surface area contributed by atoms with Crippen LogP contribution in [0.2, 0.25) is 0 Å². The lowest BCUT2D eigenvalue weighted by molar-refractivity contribution is 0.0988. The van der Waals surface area contributed by atoms with E-state index in [0.29, 0.717) is 11.4 Å². The predicted octanol–water partition coefficient (Wildman–Crippen LogP) is 2.03. The monoisotopic (exact) mass is 294 g/mol. The lowest BCUT2D eigenvalue weighted by atomic mass is 10.3. The fraction of sp³-hybridized carbons (Fsp3) is 0.231. The summed E-state index contributed by atoms with van der Waals surface area (Å²) in [6.07, 6.45) is 0. The van der Waals surface area contributed by atoms with E-state index < -0.39 is 15.7 Å². The third kappa shape index (κ3) is 3.05. The third-order valence-electron chi connectivity index (χ3n) is 2.70. The van der Waals surface area contributed by atoms with Gasteiger partial charge in [0.1, 0.15) is 0 Å². The molecule has 1 aromatic carbocycles. The Kier molecular flexibility index (Phi) is 3.89. The number of amides is 1. The van der Waals surface area contributed by atoms with Gasteiger partial charge in [-0.15, -0.1) is 0 Å². The minimum absolute atomic E-state index is 0.0377. The van der Waals surface area contributed by atoms with Gasteiger partial charge in [-0.2, -0.15) is 0 Å². The van der Waals surface area contributed by atoms with Crippen LogP contribution in [0.3, 0.4) is 0 Å². The van der Waals surface area contributed by atoms with E-state index in [-0.39, 0.29) is 16.4 Å². The van der Waals surface area contributed by atoms with Crippen molar-refractivity contribution >= 4 is 21.4 Å². The van der Waals surface area contributed by atoms with Gasteiger partial charge in [-0.3, -0.25) is 4.79 Å². The lowest BCUT2D eigenvalue weighted by Gasteiger charge is -2.05. The molecule has 0 aliphatic heterocycles. The van der Waals surface area contributed by atoms with Gasteiger partial charge in [-0.25, -0.2) is 8.42 Å². The van der Waals surface area contributed by atoms with Gasteiger partial charge in [0.05, 0.1) is 16.3 Å². The van der Waals surface area contributed by atoms with Crippen molar-refractivity contribution in [1.29, 1.82) is 0 Å². The Morgan fingerprint density at radius 2 is 1.95 bits per heavy atom. The fourth-order valence-corrected chi connectivity index (χ4v) is 2.46. The zero-order valence-corrected chi connectivity index (χ0v) is 11.9. The zero-order valence-electron chi connectivity index (χ0n) is 11.1. The summed E-state index contributed by atoms with van der Waals surface area (Å²) in [7, 11) is -3.23. The highest BCUT2D eigenvalue weighted by Crippen LogP contribution is 2.16. The summed E-state index contributed by atoms with van der Waals surface area (Å²) in [5.74, 6) is -0.291. The number of benzene rings is 1. The SMILES string of the molecule is CCS(=O)(=O)c1ccc(NC(=O)c2cc(C)no2)cc1. The molecule has 0 bridgehead atoms. The molecule has 1 heterocycles. The van der Waals surface area contributed by atoms with Crippen molar-refractivity contribution in [3.63, 3.8) is 0 Å². The molecule has 0 aliphatic rings. The molecule has 0 saturated carbocycles. The second kappa shape index (κ2) is 5.46. The largest absolute Gasteiger partial charge is 0.351 e. The molecule has 0 unspecified atom stereocenters. The average Bonchev–Trinajstić information content (AvgIpc) is 2.86. The highest BCUT2D eigenvalue weighted by atomic mass is 32.2. The summed E-state index contributed by atoms with van der Waals surface area (Å²) in [4.78, 5) is 12.0. The van der Waals surface area contributed by atoms with Crippen LogP contribution >= 0.6 is 0 Å².